The zero-order valence-corrected chi connectivity index (χ0v) is 17.0. The minimum atomic E-state index is -4.30. The minimum absolute atomic E-state index is 0.0184. The van der Waals surface area contributed by atoms with Crippen LogP contribution in [0.4, 0.5) is 24.9 Å². The van der Waals surface area contributed by atoms with Gasteiger partial charge >= 0.3 is 6.18 Å². The first-order valence-electron chi connectivity index (χ1n) is 10.3. The molecule has 3 N–H and O–H groups in total. The van der Waals surface area contributed by atoms with Gasteiger partial charge in [-0.15, -0.1) is 0 Å². The fraction of sp³-hybridized carbons (Fsp3) is 0.750. The lowest BCUT2D eigenvalue weighted by Crippen LogP contribution is -2.38. The first kappa shape index (κ1) is 22.6. The summed E-state index contributed by atoms with van der Waals surface area (Å²) in [4.78, 5) is 8.65. The van der Waals surface area contributed by atoms with E-state index in [2.05, 4.69) is 26.7 Å². The molecule has 166 valence electrons. The molecular formula is C20H28F3N5O2. The van der Waals surface area contributed by atoms with Crippen LogP contribution in [-0.4, -0.2) is 51.6 Å². The van der Waals surface area contributed by atoms with Crippen LogP contribution < -0.4 is 10.6 Å². The molecule has 0 bridgehead atoms. The van der Waals surface area contributed by atoms with Crippen molar-refractivity contribution in [2.45, 2.75) is 88.3 Å². The maximum absolute atomic E-state index is 12.3. The Labute approximate surface area is 174 Å². The predicted octanol–water partition coefficient (Wildman–Crippen LogP) is 3.76. The van der Waals surface area contributed by atoms with Crippen molar-refractivity contribution in [3.63, 3.8) is 0 Å². The van der Waals surface area contributed by atoms with E-state index in [0.29, 0.717) is 49.4 Å². The molecule has 2 atom stereocenters. The van der Waals surface area contributed by atoms with Gasteiger partial charge in [-0.05, 0) is 58.3 Å². The van der Waals surface area contributed by atoms with Crippen LogP contribution in [0, 0.1) is 11.3 Å². The summed E-state index contributed by atoms with van der Waals surface area (Å²) in [5.74, 6) is 0.804. The Kier molecular flexibility index (Phi) is 7.03. The lowest BCUT2D eigenvalue weighted by atomic mass is 9.83. The van der Waals surface area contributed by atoms with Crippen molar-refractivity contribution < 1.29 is 23.0 Å². The third-order valence-corrected chi connectivity index (χ3v) is 5.69. The van der Waals surface area contributed by atoms with Crippen LogP contribution in [-0.2, 0) is 4.74 Å². The van der Waals surface area contributed by atoms with E-state index >= 15 is 0 Å². The summed E-state index contributed by atoms with van der Waals surface area (Å²) < 4.78 is 41.8. The number of nitrogens with one attached hydrogen (secondary N) is 2. The lowest BCUT2D eigenvalue weighted by Gasteiger charge is -2.34. The zero-order chi connectivity index (χ0) is 21.8. The van der Waals surface area contributed by atoms with Crippen LogP contribution in [0.15, 0.2) is 6.20 Å². The number of anilines is 2. The number of halogens is 3. The maximum Gasteiger partial charge on any atom is 0.411 e. The fourth-order valence-electron chi connectivity index (χ4n) is 4.19. The molecule has 2 fully saturated rings. The van der Waals surface area contributed by atoms with Gasteiger partial charge in [-0.3, -0.25) is 0 Å². The average molecular weight is 427 g/mol. The Morgan fingerprint density at radius 2 is 1.97 bits per heavy atom. The molecule has 0 radical (unpaired) electrons. The van der Waals surface area contributed by atoms with Crippen LogP contribution in [0.1, 0.15) is 63.9 Å². The van der Waals surface area contributed by atoms with Gasteiger partial charge in [0.25, 0.3) is 0 Å². The largest absolute Gasteiger partial charge is 0.411 e. The summed E-state index contributed by atoms with van der Waals surface area (Å²) in [5, 5.41) is 26.2. The number of ether oxygens (including phenoxy) is 1. The first-order chi connectivity index (χ1) is 14.1. The van der Waals surface area contributed by atoms with Crippen LogP contribution in [0.2, 0.25) is 0 Å². The molecule has 1 aromatic rings. The maximum atomic E-state index is 12.3. The fourth-order valence-corrected chi connectivity index (χ4v) is 4.19. The van der Waals surface area contributed by atoms with E-state index in [-0.39, 0.29) is 18.2 Å². The van der Waals surface area contributed by atoms with Crippen molar-refractivity contribution in [3.05, 3.63) is 11.8 Å². The SMILES string of the molecule is C[C@]1(O)CCCC(Nc2nc(NC3CCC(OCC(F)(F)F)CC3)ncc2C#N)C1. The molecule has 1 heterocycles. The Bertz CT molecular complexity index is 758. The molecular weight excluding hydrogens is 399 g/mol. The molecule has 0 amide bonds. The predicted molar refractivity (Wildman–Crippen MR) is 105 cm³/mol. The molecule has 2 aliphatic rings. The summed E-state index contributed by atoms with van der Waals surface area (Å²) in [6.45, 7) is 0.603. The van der Waals surface area contributed by atoms with Crippen LogP contribution >= 0.6 is 0 Å². The van der Waals surface area contributed by atoms with E-state index in [1.54, 1.807) is 0 Å². The number of hydrogen-bond acceptors (Lipinski definition) is 7. The molecule has 0 aliphatic heterocycles. The summed E-state index contributed by atoms with van der Waals surface area (Å²) in [7, 11) is 0. The molecule has 3 rings (SSSR count). The number of rotatable bonds is 6. The quantitative estimate of drug-likeness (QED) is 0.635. The van der Waals surface area contributed by atoms with Gasteiger partial charge in [0, 0.05) is 12.1 Å². The topological polar surface area (TPSA) is 103 Å². The highest BCUT2D eigenvalue weighted by atomic mass is 19.4. The van der Waals surface area contributed by atoms with Gasteiger partial charge in [0.2, 0.25) is 5.95 Å². The molecule has 7 nitrogen and oxygen atoms in total. The van der Waals surface area contributed by atoms with E-state index in [9.17, 15) is 23.5 Å². The number of nitriles is 1. The average Bonchev–Trinajstić information content (AvgIpc) is 2.66. The minimum Gasteiger partial charge on any atom is -0.390 e. The Morgan fingerprint density at radius 1 is 1.23 bits per heavy atom. The van der Waals surface area contributed by atoms with Crippen molar-refractivity contribution in [2.75, 3.05) is 17.2 Å². The molecule has 2 saturated carbocycles. The smallest absolute Gasteiger partial charge is 0.390 e. The second-order valence-electron chi connectivity index (χ2n) is 8.55. The highest BCUT2D eigenvalue weighted by molar-refractivity contribution is 5.54. The first-order valence-corrected chi connectivity index (χ1v) is 10.3. The number of hydrogen-bond donors (Lipinski definition) is 3. The van der Waals surface area contributed by atoms with E-state index in [0.717, 1.165) is 19.3 Å². The summed E-state index contributed by atoms with van der Waals surface area (Å²) in [6.07, 6.45) is 2.24. The summed E-state index contributed by atoms with van der Waals surface area (Å²) >= 11 is 0. The Balaban J connectivity index is 1.56. The third kappa shape index (κ3) is 6.71. The molecule has 1 unspecified atom stereocenters. The molecule has 0 aromatic carbocycles. The zero-order valence-electron chi connectivity index (χ0n) is 17.0. The molecule has 2 aliphatic carbocycles. The molecule has 30 heavy (non-hydrogen) atoms. The highest BCUT2D eigenvalue weighted by Crippen LogP contribution is 2.30. The van der Waals surface area contributed by atoms with E-state index in [1.165, 1.54) is 6.20 Å². The number of aromatic nitrogens is 2. The number of aliphatic hydroxyl groups is 1. The van der Waals surface area contributed by atoms with E-state index < -0.39 is 18.4 Å². The Hall–Kier alpha value is -2.12. The van der Waals surface area contributed by atoms with Crippen molar-refractivity contribution >= 4 is 11.8 Å². The van der Waals surface area contributed by atoms with E-state index in [4.69, 9.17) is 4.74 Å². The molecule has 0 spiro atoms. The Morgan fingerprint density at radius 3 is 2.60 bits per heavy atom. The van der Waals surface area contributed by atoms with Gasteiger partial charge in [0.1, 0.15) is 24.1 Å². The summed E-state index contributed by atoms with van der Waals surface area (Å²) in [5.41, 5.74) is -0.404. The number of alkyl halides is 3. The van der Waals surface area contributed by atoms with Crippen LogP contribution in [0.3, 0.4) is 0 Å². The van der Waals surface area contributed by atoms with Crippen molar-refractivity contribution in [3.8, 4) is 6.07 Å². The van der Waals surface area contributed by atoms with Crippen molar-refractivity contribution in [1.29, 1.82) is 5.26 Å². The second-order valence-corrected chi connectivity index (χ2v) is 8.55. The summed E-state index contributed by atoms with van der Waals surface area (Å²) in [6, 6.07) is 2.14. The van der Waals surface area contributed by atoms with Gasteiger partial charge in [0.15, 0.2) is 0 Å². The van der Waals surface area contributed by atoms with E-state index in [1.807, 2.05) is 6.92 Å². The van der Waals surface area contributed by atoms with Crippen molar-refractivity contribution in [1.82, 2.24) is 9.97 Å². The lowest BCUT2D eigenvalue weighted by molar-refractivity contribution is -0.187. The number of nitrogens with zero attached hydrogens (tertiary/aromatic N) is 3. The van der Waals surface area contributed by atoms with Gasteiger partial charge in [-0.1, -0.05) is 0 Å². The van der Waals surface area contributed by atoms with Gasteiger partial charge in [0.05, 0.1) is 17.9 Å². The standard InChI is InChI=1S/C20H28F3N5O2/c1-19(29)8-2-3-15(9-19)26-17-13(10-24)11-25-18(28-17)27-14-4-6-16(7-5-14)30-12-20(21,22)23/h11,14-16,29H,2-9,12H2,1H3,(H2,25,26,27,28)/t14?,15?,16?,19-/m0/s1. The highest BCUT2D eigenvalue weighted by Gasteiger charge is 2.32. The van der Waals surface area contributed by atoms with Gasteiger partial charge in [-0.25, -0.2) is 4.98 Å². The second kappa shape index (κ2) is 9.35. The van der Waals surface area contributed by atoms with Crippen LogP contribution in [0.25, 0.3) is 0 Å². The van der Waals surface area contributed by atoms with Gasteiger partial charge in [-0.2, -0.15) is 23.4 Å². The van der Waals surface area contributed by atoms with Crippen LogP contribution in [0.5, 0.6) is 0 Å². The monoisotopic (exact) mass is 427 g/mol. The third-order valence-electron chi connectivity index (χ3n) is 5.69. The normalized spacial score (nSPS) is 29.8. The molecule has 1 aromatic heterocycles. The molecule has 0 saturated heterocycles. The van der Waals surface area contributed by atoms with Crippen molar-refractivity contribution in [2.24, 2.45) is 0 Å². The molecule has 10 heteroatoms. The van der Waals surface area contributed by atoms with Gasteiger partial charge < -0.3 is 20.5 Å².